The molecule has 4 heteroatoms. The summed E-state index contributed by atoms with van der Waals surface area (Å²) < 4.78 is 18.5. The van der Waals surface area contributed by atoms with Crippen molar-refractivity contribution in [1.82, 2.24) is 0 Å². The standard InChI is InChI=1S/C22H17FO3/c23-19-13-7-12-18(14-19)20(24)15-26-22(25)21(16-8-3-1-4-9-16)17-10-5-2-6-11-17/h1-14,21H,15H2. The molecule has 0 fully saturated rings. The molecule has 0 aliphatic heterocycles. The van der Waals surface area contributed by atoms with E-state index in [1.807, 2.05) is 60.7 Å². The highest BCUT2D eigenvalue weighted by Crippen LogP contribution is 2.26. The molecule has 0 aromatic heterocycles. The minimum Gasteiger partial charge on any atom is -0.457 e. The Bertz CT molecular complexity index is 852. The summed E-state index contributed by atoms with van der Waals surface area (Å²) >= 11 is 0. The molecule has 0 spiro atoms. The average Bonchev–Trinajstić information content (AvgIpc) is 2.68. The molecule has 3 aromatic rings. The number of hydrogen-bond acceptors (Lipinski definition) is 3. The molecule has 0 amide bonds. The van der Waals surface area contributed by atoms with Crippen LogP contribution >= 0.6 is 0 Å². The minimum atomic E-state index is -0.627. The van der Waals surface area contributed by atoms with Crippen LogP contribution in [0, 0.1) is 5.82 Å². The van der Waals surface area contributed by atoms with Gasteiger partial charge in [0.15, 0.2) is 12.4 Å². The molecule has 0 radical (unpaired) electrons. The number of benzene rings is 3. The molecule has 3 nitrogen and oxygen atoms in total. The fourth-order valence-electron chi connectivity index (χ4n) is 2.72. The lowest BCUT2D eigenvalue weighted by Crippen LogP contribution is -2.21. The number of esters is 1. The lowest BCUT2D eigenvalue weighted by molar-refractivity contribution is -0.143. The third-order valence-electron chi connectivity index (χ3n) is 3.99. The van der Waals surface area contributed by atoms with Gasteiger partial charge < -0.3 is 4.74 Å². The van der Waals surface area contributed by atoms with Gasteiger partial charge in [0.2, 0.25) is 0 Å². The summed E-state index contributed by atoms with van der Waals surface area (Å²) in [5.74, 6) is -2.10. The largest absolute Gasteiger partial charge is 0.457 e. The van der Waals surface area contributed by atoms with E-state index in [4.69, 9.17) is 4.74 Å². The number of Topliss-reactive ketones (excluding diaryl/α,β-unsaturated/α-hetero) is 1. The molecule has 0 aliphatic rings. The zero-order valence-corrected chi connectivity index (χ0v) is 14.0. The van der Waals surface area contributed by atoms with Crippen LogP contribution in [0.1, 0.15) is 27.4 Å². The number of ether oxygens (including phenoxy) is 1. The number of hydrogen-bond donors (Lipinski definition) is 0. The van der Waals surface area contributed by atoms with E-state index >= 15 is 0 Å². The molecule has 26 heavy (non-hydrogen) atoms. The molecule has 0 saturated carbocycles. The first kappa shape index (κ1) is 17.5. The van der Waals surface area contributed by atoms with Crippen LogP contribution in [0.4, 0.5) is 4.39 Å². The van der Waals surface area contributed by atoms with Gasteiger partial charge in [0.1, 0.15) is 11.7 Å². The normalized spacial score (nSPS) is 10.5. The van der Waals surface area contributed by atoms with Crippen LogP contribution in [-0.2, 0) is 9.53 Å². The van der Waals surface area contributed by atoms with Gasteiger partial charge in [-0.15, -0.1) is 0 Å². The van der Waals surface area contributed by atoms with Gasteiger partial charge in [-0.05, 0) is 23.3 Å². The number of ketones is 1. The van der Waals surface area contributed by atoms with E-state index in [0.29, 0.717) is 0 Å². The number of rotatable bonds is 6. The van der Waals surface area contributed by atoms with Crippen LogP contribution in [0.25, 0.3) is 0 Å². The quantitative estimate of drug-likeness (QED) is 0.490. The van der Waals surface area contributed by atoms with E-state index in [1.165, 1.54) is 18.2 Å². The van der Waals surface area contributed by atoms with Gasteiger partial charge >= 0.3 is 5.97 Å². The second-order valence-electron chi connectivity index (χ2n) is 5.80. The first-order chi connectivity index (χ1) is 12.6. The van der Waals surface area contributed by atoms with Crippen LogP contribution in [0.2, 0.25) is 0 Å². The van der Waals surface area contributed by atoms with Crippen molar-refractivity contribution >= 4 is 11.8 Å². The molecule has 0 saturated heterocycles. The van der Waals surface area contributed by atoms with E-state index < -0.39 is 30.1 Å². The SMILES string of the molecule is O=C(COC(=O)C(c1ccccc1)c1ccccc1)c1cccc(F)c1. The number of carbonyl (C=O) groups excluding carboxylic acids is 2. The summed E-state index contributed by atoms with van der Waals surface area (Å²) in [6, 6.07) is 23.8. The summed E-state index contributed by atoms with van der Waals surface area (Å²) in [7, 11) is 0. The Morgan fingerprint density at radius 2 is 1.38 bits per heavy atom. The molecule has 0 heterocycles. The fourth-order valence-corrected chi connectivity index (χ4v) is 2.72. The third-order valence-corrected chi connectivity index (χ3v) is 3.99. The van der Waals surface area contributed by atoms with Crippen LogP contribution in [0.3, 0.4) is 0 Å². The highest BCUT2D eigenvalue weighted by atomic mass is 19.1. The Balaban J connectivity index is 1.77. The predicted molar refractivity (Wildman–Crippen MR) is 96.4 cm³/mol. The van der Waals surface area contributed by atoms with Gasteiger partial charge in [-0.25, -0.2) is 4.39 Å². The van der Waals surface area contributed by atoms with Crippen LogP contribution in [0.15, 0.2) is 84.9 Å². The Hall–Kier alpha value is -3.27. The molecule has 3 aromatic carbocycles. The average molecular weight is 348 g/mol. The Morgan fingerprint density at radius 3 is 1.92 bits per heavy atom. The monoisotopic (exact) mass is 348 g/mol. The second kappa shape index (κ2) is 8.21. The fraction of sp³-hybridized carbons (Fsp3) is 0.0909. The van der Waals surface area contributed by atoms with Crippen molar-refractivity contribution in [3.8, 4) is 0 Å². The number of halogens is 1. The third kappa shape index (κ3) is 4.22. The van der Waals surface area contributed by atoms with Crippen molar-refractivity contribution in [3.05, 3.63) is 107 Å². The second-order valence-corrected chi connectivity index (χ2v) is 5.80. The van der Waals surface area contributed by atoms with Gasteiger partial charge in [-0.3, -0.25) is 9.59 Å². The lowest BCUT2D eigenvalue weighted by atomic mass is 9.91. The highest BCUT2D eigenvalue weighted by Gasteiger charge is 2.25. The maximum absolute atomic E-state index is 13.2. The molecule has 0 atom stereocenters. The van der Waals surface area contributed by atoms with Crippen molar-refractivity contribution in [2.75, 3.05) is 6.61 Å². The maximum atomic E-state index is 13.2. The van der Waals surface area contributed by atoms with Crippen LogP contribution in [-0.4, -0.2) is 18.4 Å². The summed E-state index contributed by atoms with van der Waals surface area (Å²) in [6.07, 6.45) is 0. The van der Waals surface area contributed by atoms with Crippen LogP contribution in [0.5, 0.6) is 0 Å². The van der Waals surface area contributed by atoms with Crippen molar-refractivity contribution in [3.63, 3.8) is 0 Å². The van der Waals surface area contributed by atoms with E-state index in [1.54, 1.807) is 0 Å². The van der Waals surface area contributed by atoms with Crippen molar-refractivity contribution in [2.24, 2.45) is 0 Å². The Labute approximate surface area is 151 Å². The maximum Gasteiger partial charge on any atom is 0.318 e. The molecule has 0 aliphatic carbocycles. The number of carbonyl (C=O) groups is 2. The molecule has 0 unspecified atom stereocenters. The lowest BCUT2D eigenvalue weighted by Gasteiger charge is -2.16. The van der Waals surface area contributed by atoms with E-state index in [0.717, 1.165) is 17.2 Å². The molecule has 3 rings (SSSR count). The highest BCUT2D eigenvalue weighted by molar-refractivity contribution is 5.98. The van der Waals surface area contributed by atoms with Gasteiger partial charge in [0, 0.05) is 5.56 Å². The van der Waals surface area contributed by atoms with Crippen LogP contribution < -0.4 is 0 Å². The molecule has 130 valence electrons. The first-order valence-electron chi connectivity index (χ1n) is 8.20. The minimum absolute atomic E-state index is 0.175. The molecule has 0 N–H and O–H groups in total. The zero-order valence-electron chi connectivity index (χ0n) is 14.0. The molecule has 0 bridgehead atoms. The smallest absolute Gasteiger partial charge is 0.318 e. The van der Waals surface area contributed by atoms with Crippen molar-refractivity contribution in [2.45, 2.75) is 5.92 Å². The van der Waals surface area contributed by atoms with Gasteiger partial charge in [0.05, 0.1) is 0 Å². The van der Waals surface area contributed by atoms with Crippen molar-refractivity contribution in [1.29, 1.82) is 0 Å². The molecular weight excluding hydrogens is 331 g/mol. The summed E-state index contributed by atoms with van der Waals surface area (Å²) in [6.45, 7) is -0.432. The van der Waals surface area contributed by atoms with Gasteiger partial charge in [0.25, 0.3) is 0 Å². The Kier molecular flexibility index (Phi) is 5.54. The summed E-state index contributed by atoms with van der Waals surface area (Å²) in [5.41, 5.74) is 1.73. The van der Waals surface area contributed by atoms with E-state index in [-0.39, 0.29) is 5.56 Å². The summed E-state index contributed by atoms with van der Waals surface area (Å²) in [4.78, 5) is 24.9. The van der Waals surface area contributed by atoms with Crippen molar-refractivity contribution < 1.29 is 18.7 Å². The van der Waals surface area contributed by atoms with Gasteiger partial charge in [-0.1, -0.05) is 72.8 Å². The topological polar surface area (TPSA) is 43.4 Å². The van der Waals surface area contributed by atoms with E-state index in [2.05, 4.69) is 0 Å². The predicted octanol–water partition coefficient (Wildman–Crippen LogP) is 4.38. The van der Waals surface area contributed by atoms with E-state index in [9.17, 15) is 14.0 Å². The Morgan fingerprint density at radius 1 is 0.808 bits per heavy atom. The first-order valence-corrected chi connectivity index (χ1v) is 8.20. The molecular formula is C22H17FO3. The summed E-state index contributed by atoms with van der Waals surface area (Å²) in [5, 5.41) is 0. The zero-order chi connectivity index (χ0) is 18.4. The van der Waals surface area contributed by atoms with Gasteiger partial charge in [-0.2, -0.15) is 0 Å².